The van der Waals surface area contributed by atoms with Gasteiger partial charge in [0.05, 0.1) is 10.6 Å². The van der Waals surface area contributed by atoms with E-state index >= 15 is 0 Å². The quantitative estimate of drug-likeness (QED) is 0.508. The Morgan fingerprint density at radius 3 is 2.00 bits per heavy atom. The highest BCUT2D eigenvalue weighted by Crippen LogP contribution is 2.32. The summed E-state index contributed by atoms with van der Waals surface area (Å²) in [5, 5.41) is 0. The Morgan fingerprint density at radius 1 is 0.880 bits per heavy atom. The Kier molecular flexibility index (Phi) is 5.34. The monoisotopic (exact) mass is 355 g/mol. The van der Waals surface area contributed by atoms with Crippen LogP contribution in [-0.2, 0) is 15.5 Å². The van der Waals surface area contributed by atoms with Gasteiger partial charge in [-0.15, -0.1) is 0 Å². The van der Waals surface area contributed by atoms with Gasteiger partial charge in [-0.3, -0.25) is 4.79 Å². The van der Waals surface area contributed by atoms with E-state index in [1.807, 2.05) is 30.3 Å². The smallest absolute Gasteiger partial charge is 0.168 e. The van der Waals surface area contributed by atoms with E-state index < -0.39 is 10.7 Å². The molecule has 1 saturated heterocycles. The summed E-state index contributed by atoms with van der Waals surface area (Å²) >= 11 is 0. The first kappa shape index (κ1) is 17.4. The second-order valence-electron chi connectivity index (χ2n) is 6.14. The predicted molar refractivity (Wildman–Crippen MR) is 99.8 cm³/mol. The summed E-state index contributed by atoms with van der Waals surface area (Å²) < 4.78 is 22.3. The van der Waals surface area contributed by atoms with Crippen molar-refractivity contribution in [2.45, 2.75) is 24.7 Å². The molecule has 25 heavy (non-hydrogen) atoms. The summed E-state index contributed by atoms with van der Waals surface area (Å²) in [4.78, 5) is 15.0. The van der Waals surface area contributed by atoms with Crippen molar-refractivity contribution in [2.24, 2.45) is 0 Å². The number of hydrogen-bond donors (Lipinski definition) is 1. The van der Waals surface area contributed by atoms with Crippen LogP contribution in [0.15, 0.2) is 59.5 Å². The molecule has 0 N–H and O–H groups in total. The molecule has 4 nitrogen and oxygen atoms in total. The van der Waals surface area contributed by atoms with Crippen LogP contribution in [0, 0.1) is 0 Å². The lowest BCUT2D eigenvalue weighted by Crippen LogP contribution is -2.20. The Balaban J connectivity index is 2.20. The molecule has 1 aliphatic heterocycles. The van der Waals surface area contributed by atoms with Crippen LogP contribution in [0.2, 0.25) is 0 Å². The Bertz CT molecular complexity index is 854. The fourth-order valence-electron chi connectivity index (χ4n) is 3.28. The molecular formula is C20H21NO3S. The maximum atomic E-state index is 12.5. The van der Waals surface area contributed by atoms with E-state index in [1.165, 1.54) is 0 Å². The molecule has 1 aliphatic rings. The fourth-order valence-corrected chi connectivity index (χ4v) is 3.67. The van der Waals surface area contributed by atoms with Crippen LogP contribution < -0.4 is 0 Å². The number of likely N-dealkylation sites (tertiary alicyclic amines) is 1. The number of Topliss-reactive ketones (excluding diaryl/α,β-unsaturated/α-hetero) is 1. The van der Waals surface area contributed by atoms with Crippen molar-refractivity contribution < 1.29 is 13.2 Å². The van der Waals surface area contributed by atoms with Gasteiger partial charge >= 0.3 is 0 Å². The minimum Gasteiger partial charge on any atom is -0.370 e. The lowest BCUT2D eigenvalue weighted by molar-refractivity contribution is -0.111. The third kappa shape index (κ3) is 3.82. The van der Waals surface area contributed by atoms with Gasteiger partial charge < -0.3 is 4.90 Å². The van der Waals surface area contributed by atoms with Gasteiger partial charge in [0.25, 0.3) is 0 Å². The van der Waals surface area contributed by atoms with Gasteiger partial charge in [-0.2, -0.15) is 0 Å². The number of rotatable bonds is 5. The number of allylic oxidation sites excluding steroid dienone is 1. The van der Waals surface area contributed by atoms with E-state index in [4.69, 9.17) is 0 Å². The number of carbonyl (C=O) groups is 1. The minimum absolute atomic E-state index is 0.0231. The van der Waals surface area contributed by atoms with E-state index in [9.17, 15) is 13.2 Å². The van der Waals surface area contributed by atoms with Crippen molar-refractivity contribution in [3.05, 3.63) is 65.7 Å². The van der Waals surface area contributed by atoms with Crippen molar-refractivity contribution in [3.63, 3.8) is 0 Å². The Labute approximate surface area is 149 Å². The number of benzene rings is 2. The van der Waals surface area contributed by atoms with Crippen molar-refractivity contribution in [1.82, 2.24) is 4.90 Å². The van der Waals surface area contributed by atoms with Gasteiger partial charge in [0.1, 0.15) is 0 Å². The summed E-state index contributed by atoms with van der Waals surface area (Å²) in [6.45, 7) is 3.41. The third-order valence-corrected chi connectivity index (χ3v) is 5.14. The molecule has 1 fully saturated rings. The van der Waals surface area contributed by atoms with Gasteiger partial charge in [-0.05, 0) is 43.0 Å². The van der Waals surface area contributed by atoms with Gasteiger partial charge in [0.15, 0.2) is 16.5 Å². The van der Waals surface area contributed by atoms with Crippen LogP contribution in [-0.4, -0.2) is 32.2 Å². The van der Waals surface area contributed by atoms with E-state index in [0.717, 1.165) is 42.8 Å². The molecule has 5 heteroatoms. The molecule has 0 amide bonds. The number of thiol groups is 1. The largest absolute Gasteiger partial charge is 0.370 e. The van der Waals surface area contributed by atoms with Crippen molar-refractivity contribution >= 4 is 27.8 Å². The number of carbonyl (C=O) groups excluding carboxylic acids is 1. The minimum atomic E-state index is -2.62. The SMILES string of the molecule is CC(=O)C(=C(c1ccccc1)N1CCCC1)c1ccc([SH](=O)=O)cc1. The summed E-state index contributed by atoms with van der Waals surface area (Å²) in [6.07, 6.45) is 2.22. The van der Waals surface area contributed by atoms with Crippen LogP contribution in [0.4, 0.5) is 0 Å². The Morgan fingerprint density at radius 2 is 1.48 bits per heavy atom. The average molecular weight is 355 g/mol. The zero-order valence-electron chi connectivity index (χ0n) is 14.1. The molecule has 2 aromatic rings. The zero-order valence-corrected chi connectivity index (χ0v) is 15.0. The van der Waals surface area contributed by atoms with Crippen LogP contribution in [0.5, 0.6) is 0 Å². The molecule has 130 valence electrons. The molecule has 0 bridgehead atoms. The molecule has 3 rings (SSSR count). The Hall–Kier alpha value is -2.40. The lowest BCUT2D eigenvalue weighted by atomic mass is 9.95. The summed E-state index contributed by atoms with van der Waals surface area (Å²) in [5.41, 5.74) is 3.33. The topological polar surface area (TPSA) is 54.5 Å². The summed E-state index contributed by atoms with van der Waals surface area (Å²) in [6, 6.07) is 16.5. The van der Waals surface area contributed by atoms with Crippen LogP contribution >= 0.6 is 0 Å². The molecule has 0 aromatic heterocycles. The van der Waals surface area contributed by atoms with Gasteiger partial charge in [0, 0.05) is 18.7 Å². The van der Waals surface area contributed by atoms with Crippen molar-refractivity contribution in [1.29, 1.82) is 0 Å². The molecule has 0 radical (unpaired) electrons. The second kappa shape index (κ2) is 7.66. The van der Waals surface area contributed by atoms with Crippen LogP contribution in [0.3, 0.4) is 0 Å². The van der Waals surface area contributed by atoms with E-state index in [2.05, 4.69) is 4.90 Å². The van der Waals surface area contributed by atoms with E-state index in [0.29, 0.717) is 5.57 Å². The van der Waals surface area contributed by atoms with Crippen LogP contribution in [0.1, 0.15) is 30.9 Å². The molecule has 0 unspecified atom stereocenters. The predicted octanol–water partition coefficient (Wildman–Crippen LogP) is 3.21. The molecule has 2 aromatic carbocycles. The maximum absolute atomic E-state index is 12.5. The van der Waals surface area contributed by atoms with Crippen LogP contribution in [0.25, 0.3) is 11.3 Å². The van der Waals surface area contributed by atoms with Crippen molar-refractivity contribution in [2.75, 3.05) is 13.1 Å². The fraction of sp³-hybridized carbons (Fsp3) is 0.250. The van der Waals surface area contributed by atoms with Gasteiger partial charge in [0.2, 0.25) is 0 Å². The number of ketones is 1. The number of nitrogens with zero attached hydrogens (tertiary/aromatic N) is 1. The highest BCUT2D eigenvalue weighted by molar-refractivity contribution is 7.72. The molecule has 0 atom stereocenters. The van der Waals surface area contributed by atoms with E-state index in [1.54, 1.807) is 31.2 Å². The highest BCUT2D eigenvalue weighted by Gasteiger charge is 2.23. The highest BCUT2D eigenvalue weighted by atomic mass is 32.2. The van der Waals surface area contributed by atoms with Gasteiger partial charge in [-0.25, -0.2) is 8.42 Å². The first-order chi connectivity index (χ1) is 12.1. The number of hydrogen-bond acceptors (Lipinski definition) is 4. The van der Waals surface area contributed by atoms with Gasteiger partial charge in [-0.1, -0.05) is 42.5 Å². The first-order valence-electron chi connectivity index (χ1n) is 8.38. The molecule has 0 aliphatic carbocycles. The van der Waals surface area contributed by atoms with Crippen molar-refractivity contribution in [3.8, 4) is 0 Å². The summed E-state index contributed by atoms with van der Waals surface area (Å²) in [5.74, 6) is -0.0231. The maximum Gasteiger partial charge on any atom is 0.168 e. The second-order valence-corrected chi connectivity index (χ2v) is 7.17. The molecular weight excluding hydrogens is 334 g/mol. The zero-order chi connectivity index (χ0) is 17.8. The average Bonchev–Trinajstić information content (AvgIpc) is 3.14. The standard InChI is InChI=1S/C20H21NO3S/c1-15(22)19(16-9-11-18(12-10-16)25(23)24)20(21-13-5-6-14-21)17-7-3-2-4-8-17/h2-4,7-12,25H,5-6,13-14H2,1H3. The molecule has 0 spiro atoms. The lowest BCUT2D eigenvalue weighted by Gasteiger charge is -2.25. The third-order valence-electron chi connectivity index (χ3n) is 4.43. The van der Waals surface area contributed by atoms with E-state index in [-0.39, 0.29) is 10.7 Å². The summed E-state index contributed by atoms with van der Waals surface area (Å²) in [7, 11) is -2.62. The first-order valence-corrected chi connectivity index (χ1v) is 9.56. The molecule has 0 saturated carbocycles. The molecule has 1 heterocycles. The normalized spacial score (nSPS) is 15.4.